The zero-order chi connectivity index (χ0) is 15.7. The minimum Gasteiger partial charge on any atom is -0.369 e. The summed E-state index contributed by atoms with van der Waals surface area (Å²) in [6, 6.07) is 8.79. The summed E-state index contributed by atoms with van der Waals surface area (Å²) in [5, 5.41) is 11.7. The Morgan fingerprint density at radius 1 is 1.33 bits per heavy atom. The molecule has 0 unspecified atom stereocenters. The Bertz CT molecular complexity index is 537. The van der Waals surface area contributed by atoms with E-state index in [1.165, 1.54) is 0 Å². The molecule has 6 heteroatoms. The first kappa shape index (κ1) is 16.7. The van der Waals surface area contributed by atoms with Gasteiger partial charge in [-0.25, -0.2) is 0 Å². The summed E-state index contributed by atoms with van der Waals surface area (Å²) in [5.74, 6) is -0.730. The van der Waals surface area contributed by atoms with Gasteiger partial charge in [-0.1, -0.05) is 25.5 Å². The summed E-state index contributed by atoms with van der Waals surface area (Å²) in [6.45, 7) is 2.79. The summed E-state index contributed by atoms with van der Waals surface area (Å²) < 4.78 is 0. The van der Waals surface area contributed by atoms with Crippen LogP contribution in [0.25, 0.3) is 0 Å². The molecule has 0 aliphatic heterocycles. The number of nitrogens with two attached hydrogens (primary N) is 1. The molecule has 0 heterocycles. The van der Waals surface area contributed by atoms with Gasteiger partial charge in [0, 0.05) is 0 Å². The summed E-state index contributed by atoms with van der Waals surface area (Å²) in [5.41, 5.74) is 6.06. The first-order chi connectivity index (χ1) is 10.1. The Balaban J connectivity index is 2.64. The minimum atomic E-state index is -0.462. The Labute approximate surface area is 124 Å². The molecule has 6 nitrogen and oxygen atoms in total. The largest absolute Gasteiger partial charge is 0.369 e. The average Bonchev–Trinajstić information content (AvgIpc) is 2.44. The van der Waals surface area contributed by atoms with Gasteiger partial charge < -0.3 is 11.1 Å². The lowest BCUT2D eigenvalue weighted by Gasteiger charge is -2.19. The van der Waals surface area contributed by atoms with Crippen molar-refractivity contribution >= 4 is 17.5 Å². The second-order valence-electron chi connectivity index (χ2n) is 4.74. The molecule has 0 saturated heterocycles. The van der Waals surface area contributed by atoms with Gasteiger partial charge in [-0.2, -0.15) is 5.26 Å². The van der Waals surface area contributed by atoms with Crippen molar-refractivity contribution in [2.24, 2.45) is 5.73 Å². The quantitative estimate of drug-likeness (QED) is 0.747. The van der Waals surface area contributed by atoms with Crippen molar-refractivity contribution in [1.82, 2.24) is 4.90 Å². The lowest BCUT2D eigenvalue weighted by Crippen LogP contribution is -2.39. The van der Waals surface area contributed by atoms with Gasteiger partial charge in [-0.15, -0.1) is 0 Å². The number of para-hydroxylation sites is 1. The van der Waals surface area contributed by atoms with E-state index in [-0.39, 0.29) is 19.0 Å². The lowest BCUT2D eigenvalue weighted by molar-refractivity contribution is -0.121. The molecule has 1 rings (SSSR count). The molecule has 0 aliphatic rings. The van der Waals surface area contributed by atoms with E-state index in [4.69, 9.17) is 11.0 Å². The van der Waals surface area contributed by atoms with E-state index < -0.39 is 5.91 Å². The molecule has 0 aromatic heterocycles. The second kappa shape index (κ2) is 8.72. The van der Waals surface area contributed by atoms with Gasteiger partial charge in [-0.05, 0) is 25.1 Å². The van der Waals surface area contributed by atoms with E-state index in [9.17, 15) is 9.59 Å². The van der Waals surface area contributed by atoms with E-state index in [2.05, 4.69) is 5.32 Å². The normalized spacial score (nSPS) is 10.1. The average molecular weight is 288 g/mol. The van der Waals surface area contributed by atoms with E-state index >= 15 is 0 Å². The molecule has 0 fully saturated rings. The molecule has 0 atom stereocenters. The van der Waals surface area contributed by atoms with E-state index in [0.29, 0.717) is 17.8 Å². The molecule has 112 valence electrons. The number of unbranched alkanes of at least 4 members (excludes halogenated alkanes) is 1. The van der Waals surface area contributed by atoms with Crippen LogP contribution >= 0.6 is 0 Å². The van der Waals surface area contributed by atoms with Crippen molar-refractivity contribution in [3.05, 3.63) is 29.8 Å². The summed E-state index contributed by atoms with van der Waals surface area (Å²) in [7, 11) is 0. The maximum atomic E-state index is 12.0. The molecule has 0 bridgehead atoms. The van der Waals surface area contributed by atoms with Crippen molar-refractivity contribution in [2.75, 3.05) is 25.0 Å². The van der Waals surface area contributed by atoms with E-state index in [1.54, 1.807) is 29.2 Å². The number of carbonyl (C=O) groups is 2. The smallest absolute Gasteiger partial charge is 0.238 e. The Morgan fingerprint density at radius 2 is 2.05 bits per heavy atom. The van der Waals surface area contributed by atoms with Crippen LogP contribution in [0.4, 0.5) is 5.69 Å². The van der Waals surface area contributed by atoms with Crippen molar-refractivity contribution in [3.8, 4) is 6.07 Å². The van der Waals surface area contributed by atoms with Gasteiger partial charge in [0.05, 0.1) is 24.3 Å². The predicted molar refractivity (Wildman–Crippen MR) is 80.3 cm³/mol. The lowest BCUT2D eigenvalue weighted by atomic mass is 10.2. The Kier molecular flexibility index (Phi) is 6.92. The van der Waals surface area contributed by atoms with Crippen molar-refractivity contribution in [3.63, 3.8) is 0 Å². The highest BCUT2D eigenvalue weighted by Crippen LogP contribution is 2.13. The van der Waals surface area contributed by atoms with Crippen LogP contribution in [0.1, 0.15) is 25.3 Å². The van der Waals surface area contributed by atoms with Crippen LogP contribution in [0.15, 0.2) is 24.3 Å². The molecular weight excluding hydrogens is 268 g/mol. The maximum absolute atomic E-state index is 12.0. The Morgan fingerprint density at radius 3 is 2.67 bits per heavy atom. The number of hydrogen-bond donors (Lipinski definition) is 2. The molecule has 1 aromatic carbocycles. The number of rotatable bonds is 8. The van der Waals surface area contributed by atoms with Crippen molar-refractivity contribution in [2.45, 2.75) is 19.8 Å². The molecular formula is C15H20N4O2. The number of amides is 2. The van der Waals surface area contributed by atoms with Gasteiger partial charge in [0.2, 0.25) is 11.8 Å². The highest BCUT2D eigenvalue weighted by atomic mass is 16.2. The van der Waals surface area contributed by atoms with E-state index in [0.717, 1.165) is 12.8 Å². The van der Waals surface area contributed by atoms with Crippen LogP contribution in [-0.4, -0.2) is 36.3 Å². The summed E-state index contributed by atoms with van der Waals surface area (Å²) in [6.07, 6.45) is 1.85. The number of primary amides is 1. The molecule has 0 radical (unpaired) electrons. The van der Waals surface area contributed by atoms with Gasteiger partial charge in [0.15, 0.2) is 0 Å². The van der Waals surface area contributed by atoms with Crippen LogP contribution in [0.2, 0.25) is 0 Å². The number of carbonyl (C=O) groups excluding carboxylic acids is 2. The fourth-order valence-electron chi connectivity index (χ4n) is 1.90. The molecule has 0 spiro atoms. The van der Waals surface area contributed by atoms with Crippen LogP contribution in [0.3, 0.4) is 0 Å². The highest BCUT2D eigenvalue weighted by molar-refractivity contribution is 5.93. The second-order valence-corrected chi connectivity index (χ2v) is 4.74. The van der Waals surface area contributed by atoms with Crippen molar-refractivity contribution < 1.29 is 9.59 Å². The van der Waals surface area contributed by atoms with Gasteiger partial charge >= 0.3 is 0 Å². The van der Waals surface area contributed by atoms with Gasteiger partial charge in [-0.3, -0.25) is 14.5 Å². The fraction of sp³-hybridized carbons (Fsp3) is 0.400. The third-order valence-electron chi connectivity index (χ3n) is 2.90. The number of benzene rings is 1. The molecule has 0 aliphatic carbocycles. The topological polar surface area (TPSA) is 99.2 Å². The Hall–Kier alpha value is -2.39. The minimum absolute atomic E-state index is 0.0489. The van der Waals surface area contributed by atoms with Crippen molar-refractivity contribution in [1.29, 1.82) is 5.26 Å². The molecule has 2 amide bonds. The van der Waals surface area contributed by atoms with Gasteiger partial charge in [0.1, 0.15) is 6.07 Å². The third-order valence-corrected chi connectivity index (χ3v) is 2.90. The highest BCUT2D eigenvalue weighted by Gasteiger charge is 2.13. The number of nitriles is 1. The zero-order valence-electron chi connectivity index (χ0n) is 12.1. The van der Waals surface area contributed by atoms with E-state index in [1.807, 2.05) is 13.0 Å². The van der Waals surface area contributed by atoms with Crippen LogP contribution < -0.4 is 11.1 Å². The number of nitrogens with one attached hydrogen (secondary N) is 1. The predicted octanol–water partition coefficient (Wildman–Crippen LogP) is 1.08. The van der Waals surface area contributed by atoms with Crippen LogP contribution in [0.5, 0.6) is 0 Å². The zero-order valence-corrected chi connectivity index (χ0v) is 12.1. The standard InChI is InChI=1S/C15H20N4O2/c1-2-3-8-19(10-14(17)20)11-15(21)18-13-7-5-4-6-12(13)9-16/h4-7H,2-3,8,10-11H2,1H3,(H2,17,20)(H,18,21). The summed E-state index contributed by atoms with van der Waals surface area (Å²) in [4.78, 5) is 24.7. The van der Waals surface area contributed by atoms with Crippen LogP contribution in [-0.2, 0) is 9.59 Å². The maximum Gasteiger partial charge on any atom is 0.238 e. The molecule has 21 heavy (non-hydrogen) atoms. The molecule has 0 saturated carbocycles. The molecule has 3 N–H and O–H groups in total. The van der Waals surface area contributed by atoms with Gasteiger partial charge in [0.25, 0.3) is 0 Å². The SMILES string of the molecule is CCCCN(CC(N)=O)CC(=O)Nc1ccccc1C#N. The number of nitrogens with zero attached hydrogens (tertiary/aromatic N) is 2. The number of hydrogen-bond acceptors (Lipinski definition) is 4. The molecule has 1 aromatic rings. The first-order valence-corrected chi connectivity index (χ1v) is 6.86. The monoisotopic (exact) mass is 288 g/mol. The fourth-order valence-corrected chi connectivity index (χ4v) is 1.90. The summed E-state index contributed by atoms with van der Waals surface area (Å²) >= 11 is 0. The van der Waals surface area contributed by atoms with Crippen LogP contribution in [0, 0.1) is 11.3 Å². The third kappa shape index (κ3) is 6.06. The first-order valence-electron chi connectivity index (χ1n) is 6.86. The number of anilines is 1.